The summed E-state index contributed by atoms with van der Waals surface area (Å²) in [5, 5.41) is 2.72. The van der Waals surface area contributed by atoms with Crippen LogP contribution in [0.3, 0.4) is 0 Å². The van der Waals surface area contributed by atoms with Crippen molar-refractivity contribution in [1.29, 1.82) is 0 Å². The highest BCUT2D eigenvalue weighted by Crippen LogP contribution is 2.32. The van der Waals surface area contributed by atoms with E-state index in [1.165, 1.54) is 23.5 Å². The van der Waals surface area contributed by atoms with Gasteiger partial charge in [0.1, 0.15) is 6.10 Å². The monoisotopic (exact) mass is 383 g/mol. The number of nitrogens with one attached hydrogen (secondary N) is 1. The molecule has 1 rings (SSSR count). The number of anilines is 1. The molecule has 0 heterocycles. The van der Waals surface area contributed by atoms with E-state index in [2.05, 4.69) is 26.1 Å². The normalized spacial score (nSPS) is 13.2. The van der Waals surface area contributed by atoms with Gasteiger partial charge in [-0.05, 0) is 24.0 Å². The van der Waals surface area contributed by atoms with Crippen molar-refractivity contribution in [2.75, 3.05) is 11.1 Å². The third-order valence-corrected chi connectivity index (χ3v) is 5.07. The molecule has 1 unspecified atom stereocenters. The van der Waals surface area contributed by atoms with Crippen LogP contribution < -0.4 is 5.32 Å². The summed E-state index contributed by atoms with van der Waals surface area (Å²) < 4.78 is 5.52. The lowest BCUT2D eigenvalue weighted by atomic mass is 9.90. The maximum absolute atomic E-state index is 12.1. The number of hydrogen-bond acceptors (Lipinski definition) is 5. The fourth-order valence-corrected chi connectivity index (χ4v) is 4.28. The van der Waals surface area contributed by atoms with Crippen LogP contribution in [0.25, 0.3) is 0 Å². The summed E-state index contributed by atoms with van der Waals surface area (Å²) in [6.45, 7) is 12.3. The topological polar surface area (TPSA) is 55.4 Å². The number of thioether (sulfide) groups is 2. The first-order valence-corrected chi connectivity index (χ1v) is 10.1. The number of carbonyl (C=O) groups is 2. The Bertz CT molecular complexity index is 562. The Morgan fingerprint density at radius 1 is 1.08 bits per heavy atom. The van der Waals surface area contributed by atoms with E-state index in [9.17, 15) is 9.59 Å². The largest absolute Gasteiger partial charge is 0.445 e. The van der Waals surface area contributed by atoms with Crippen molar-refractivity contribution in [2.24, 2.45) is 5.41 Å². The van der Waals surface area contributed by atoms with E-state index in [4.69, 9.17) is 4.74 Å². The standard InChI is InChI=1S/C19H29NO3S2/c1-18(2,3)12-15(13-24-17(22)25-19(4,5)6)23-16(21)20-14-10-8-7-9-11-14/h7-11,15H,12-13H2,1-6H3,(H,20,21). The van der Waals surface area contributed by atoms with Gasteiger partial charge in [0.15, 0.2) is 0 Å². The van der Waals surface area contributed by atoms with Crippen molar-refractivity contribution in [3.63, 3.8) is 0 Å². The molecule has 1 atom stereocenters. The predicted molar refractivity (Wildman–Crippen MR) is 110 cm³/mol. The molecule has 140 valence electrons. The second kappa shape index (κ2) is 9.53. The highest BCUT2D eigenvalue weighted by atomic mass is 32.2. The highest BCUT2D eigenvalue weighted by Gasteiger charge is 2.25. The lowest BCUT2D eigenvalue weighted by Crippen LogP contribution is -2.29. The molecule has 0 saturated carbocycles. The molecule has 6 heteroatoms. The van der Waals surface area contributed by atoms with Crippen LogP contribution in [0.15, 0.2) is 30.3 Å². The van der Waals surface area contributed by atoms with E-state index in [0.29, 0.717) is 17.9 Å². The van der Waals surface area contributed by atoms with Gasteiger partial charge < -0.3 is 4.74 Å². The molecule has 1 N–H and O–H groups in total. The summed E-state index contributed by atoms with van der Waals surface area (Å²) in [7, 11) is 0. The Kier molecular flexibility index (Phi) is 8.35. The smallest absolute Gasteiger partial charge is 0.411 e. The average Bonchev–Trinajstić information content (AvgIpc) is 2.42. The van der Waals surface area contributed by atoms with Crippen LogP contribution in [-0.2, 0) is 4.74 Å². The Balaban J connectivity index is 2.60. The minimum absolute atomic E-state index is 0.00152. The third-order valence-electron chi connectivity index (χ3n) is 2.91. The van der Waals surface area contributed by atoms with Crippen molar-refractivity contribution in [3.8, 4) is 0 Å². The van der Waals surface area contributed by atoms with Crippen LogP contribution in [0, 0.1) is 5.41 Å². The van der Waals surface area contributed by atoms with Crippen molar-refractivity contribution in [3.05, 3.63) is 30.3 Å². The van der Waals surface area contributed by atoms with E-state index in [1.807, 2.05) is 39.0 Å². The molecule has 0 saturated heterocycles. The van der Waals surface area contributed by atoms with Gasteiger partial charge in [0.05, 0.1) is 0 Å². The Morgan fingerprint density at radius 3 is 2.20 bits per heavy atom. The molecule has 25 heavy (non-hydrogen) atoms. The van der Waals surface area contributed by atoms with Gasteiger partial charge in [-0.2, -0.15) is 0 Å². The van der Waals surface area contributed by atoms with E-state index in [0.717, 1.165) is 0 Å². The van der Waals surface area contributed by atoms with Crippen LogP contribution in [0.4, 0.5) is 15.3 Å². The van der Waals surface area contributed by atoms with Crippen molar-refractivity contribution in [1.82, 2.24) is 0 Å². The van der Waals surface area contributed by atoms with Crippen LogP contribution >= 0.6 is 23.5 Å². The van der Waals surface area contributed by atoms with Crippen molar-refractivity contribution >= 4 is 39.8 Å². The molecule has 0 aliphatic rings. The van der Waals surface area contributed by atoms with Gasteiger partial charge in [-0.3, -0.25) is 10.1 Å². The fourth-order valence-electron chi connectivity index (χ4n) is 2.08. The van der Waals surface area contributed by atoms with E-state index >= 15 is 0 Å². The van der Waals surface area contributed by atoms with Gasteiger partial charge >= 0.3 is 6.09 Å². The Hall–Kier alpha value is -1.14. The minimum atomic E-state index is -0.489. The molecule has 0 aliphatic carbocycles. The zero-order valence-electron chi connectivity index (χ0n) is 15.9. The molecule has 1 amide bonds. The quantitative estimate of drug-likeness (QED) is 0.635. The third kappa shape index (κ3) is 11.2. The summed E-state index contributed by atoms with van der Waals surface area (Å²) in [4.78, 5) is 24.2. The molecule has 0 fully saturated rings. The first kappa shape index (κ1) is 21.9. The Morgan fingerprint density at radius 2 is 1.68 bits per heavy atom. The molecule has 4 nitrogen and oxygen atoms in total. The number of carbonyl (C=O) groups excluding carboxylic acids is 2. The van der Waals surface area contributed by atoms with Gasteiger partial charge in [0, 0.05) is 16.2 Å². The molecular formula is C19H29NO3S2. The molecule has 1 aromatic carbocycles. The summed E-state index contributed by atoms with van der Waals surface area (Å²) in [5.41, 5.74) is 0.687. The average molecular weight is 384 g/mol. The van der Waals surface area contributed by atoms with Crippen LogP contribution in [0.5, 0.6) is 0 Å². The second-order valence-electron chi connectivity index (χ2n) is 8.06. The molecular weight excluding hydrogens is 354 g/mol. The number of amides is 1. The minimum Gasteiger partial charge on any atom is -0.445 e. The number of ether oxygens (including phenoxy) is 1. The van der Waals surface area contributed by atoms with E-state index in [-0.39, 0.29) is 20.7 Å². The SMILES string of the molecule is CC(C)(C)CC(CSC(=O)SC(C)(C)C)OC(=O)Nc1ccccc1. The summed E-state index contributed by atoms with van der Waals surface area (Å²) in [6.07, 6.45) is -0.120. The first-order chi connectivity index (χ1) is 11.4. The zero-order chi connectivity index (χ0) is 19.1. The molecule has 1 aromatic rings. The number of rotatable bonds is 5. The number of benzene rings is 1. The van der Waals surface area contributed by atoms with Crippen LogP contribution in [-0.4, -0.2) is 27.1 Å². The molecule has 0 spiro atoms. The Labute approximate surface area is 159 Å². The van der Waals surface area contributed by atoms with Crippen LogP contribution in [0.2, 0.25) is 0 Å². The van der Waals surface area contributed by atoms with Crippen LogP contribution in [0.1, 0.15) is 48.0 Å². The van der Waals surface area contributed by atoms with E-state index < -0.39 is 6.09 Å². The van der Waals surface area contributed by atoms with Gasteiger partial charge in [-0.1, -0.05) is 83.3 Å². The predicted octanol–water partition coefficient (Wildman–Crippen LogP) is 6.42. The van der Waals surface area contributed by atoms with E-state index in [1.54, 1.807) is 12.1 Å². The fraction of sp³-hybridized carbons (Fsp3) is 0.579. The summed E-state index contributed by atoms with van der Waals surface area (Å²) in [5.74, 6) is 0.460. The van der Waals surface area contributed by atoms with Gasteiger partial charge in [0.25, 0.3) is 0 Å². The van der Waals surface area contributed by atoms with Gasteiger partial charge in [0.2, 0.25) is 4.45 Å². The summed E-state index contributed by atoms with van der Waals surface area (Å²) >= 11 is 2.53. The van der Waals surface area contributed by atoms with Gasteiger partial charge in [-0.15, -0.1) is 0 Å². The zero-order valence-corrected chi connectivity index (χ0v) is 17.6. The lowest BCUT2D eigenvalue weighted by molar-refractivity contribution is 0.0963. The molecule has 0 bridgehead atoms. The lowest BCUT2D eigenvalue weighted by Gasteiger charge is -2.26. The second-order valence-corrected chi connectivity index (χ2v) is 11.1. The maximum atomic E-state index is 12.1. The number of hydrogen-bond donors (Lipinski definition) is 1. The summed E-state index contributed by atoms with van der Waals surface area (Å²) in [6, 6.07) is 9.19. The first-order valence-electron chi connectivity index (χ1n) is 8.33. The maximum Gasteiger partial charge on any atom is 0.411 e. The van der Waals surface area contributed by atoms with Gasteiger partial charge in [-0.25, -0.2) is 4.79 Å². The molecule has 0 radical (unpaired) electrons. The molecule has 0 aromatic heterocycles. The van der Waals surface area contributed by atoms with Crippen molar-refractivity contribution < 1.29 is 14.3 Å². The highest BCUT2D eigenvalue weighted by molar-refractivity contribution is 8.39. The number of para-hydroxylation sites is 1. The van der Waals surface area contributed by atoms with Crippen molar-refractivity contribution in [2.45, 2.75) is 58.8 Å². The molecule has 0 aliphatic heterocycles.